The van der Waals surface area contributed by atoms with E-state index in [1.165, 1.54) is 11.1 Å². The minimum absolute atomic E-state index is 0.659. The molecule has 1 N–H and O–H groups in total. The van der Waals surface area contributed by atoms with Crippen LogP contribution in [-0.2, 0) is 6.54 Å². The molecule has 0 spiro atoms. The zero-order valence-corrected chi connectivity index (χ0v) is 13.3. The van der Waals surface area contributed by atoms with Crippen molar-refractivity contribution < 1.29 is 4.42 Å². The molecule has 1 aromatic heterocycles. The van der Waals surface area contributed by atoms with E-state index in [4.69, 9.17) is 4.42 Å². The summed E-state index contributed by atoms with van der Waals surface area (Å²) < 4.78 is 5.60. The maximum absolute atomic E-state index is 5.60. The monoisotopic (exact) mass is 304 g/mol. The van der Waals surface area contributed by atoms with E-state index in [0.29, 0.717) is 5.89 Å². The molecule has 3 rings (SSSR count). The van der Waals surface area contributed by atoms with E-state index in [0.717, 1.165) is 29.8 Å². The minimum atomic E-state index is 0.659. The largest absolute Gasteiger partial charge is 0.444 e. The second-order valence-electron chi connectivity index (χ2n) is 5.40. The Morgan fingerprint density at radius 3 is 2.70 bits per heavy atom. The molecule has 0 aliphatic rings. The standard InChI is InChI=1S/C20H20N2O/c1-3-11-21-14-17-9-10-18(16-7-5-4-6-8-16)19(15(17)2)20-22-12-13-23-20/h3-10,12-13,21H,1,11,14H2,2H3. The maximum atomic E-state index is 5.60. The van der Waals surface area contributed by atoms with Gasteiger partial charge in [0, 0.05) is 18.7 Å². The lowest BCUT2D eigenvalue weighted by molar-refractivity contribution is 0.574. The highest BCUT2D eigenvalue weighted by Crippen LogP contribution is 2.35. The molecule has 0 aliphatic heterocycles. The van der Waals surface area contributed by atoms with Gasteiger partial charge in [-0.05, 0) is 29.2 Å². The van der Waals surface area contributed by atoms with E-state index in [1.54, 1.807) is 12.5 Å². The number of hydrogen-bond donors (Lipinski definition) is 1. The first kappa shape index (κ1) is 15.3. The number of nitrogens with one attached hydrogen (secondary N) is 1. The Labute approximate surface area is 136 Å². The molecule has 1 heterocycles. The van der Waals surface area contributed by atoms with Crippen LogP contribution in [-0.4, -0.2) is 11.5 Å². The van der Waals surface area contributed by atoms with Gasteiger partial charge in [0.25, 0.3) is 0 Å². The number of rotatable bonds is 6. The summed E-state index contributed by atoms with van der Waals surface area (Å²) in [5, 5.41) is 3.35. The lowest BCUT2D eigenvalue weighted by Gasteiger charge is -2.15. The molecule has 3 nitrogen and oxygen atoms in total. The van der Waals surface area contributed by atoms with Crippen molar-refractivity contribution in [1.82, 2.24) is 10.3 Å². The van der Waals surface area contributed by atoms with Crippen molar-refractivity contribution in [3.63, 3.8) is 0 Å². The Bertz CT molecular complexity index is 777. The fourth-order valence-electron chi connectivity index (χ4n) is 2.74. The number of hydrogen-bond acceptors (Lipinski definition) is 3. The van der Waals surface area contributed by atoms with Crippen LogP contribution in [0.25, 0.3) is 22.6 Å². The number of oxazole rings is 1. The third kappa shape index (κ3) is 3.25. The highest BCUT2D eigenvalue weighted by Gasteiger charge is 2.16. The predicted octanol–water partition coefficient (Wildman–Crippen LogP) is 4.59. The van der Waals surface area contributed by atoms with Crippen molar-refractivity contribution in [2.45, 2.75) is 13.5 Å². The van der Waals surface area contributed by atoms with Crippen molar-refractivity contribution in [1.29, 1.82) is 0 Å². The van der Waals surface area contributed by atoms with Crippen LogP contribution in [0, 0.1) is 6.92 Å². The molecule has 0 aliphatic carbocycles. The van der Waals surface area contributed by atoms with E-state index in [-0.39, 0.29) is 0 Å². The van der Waals surface area contributed by atoms with Crippen molar-refractivity contribution >= 4 is 0 Å². The average Bonchev–Trinajstić information content (AvgIpc) is 3.11. The van der Waals surface area contributed by atoms with Crippen LogP contribution < -0.4 is 5.32 Å². The molecule has 0 saturated heterocycles. The lowest BCUT2D eigenvalue weighted by atomic mass is 9.92. The average molecular weight is 304 g/mol. The summed E-state index contributed by atoms with van der Waals surface area (Å²) in [6.07, 6.45) is 5.17. The molecular formula is C20H20N2O. The van der Waals surface area contributed by atoms with Crippen LogP contribution in [0.1, 0.15) is 11.1 Å². The predicted molar refractivity (Wildman–Crippen MR) is 94.0 cm³/mol. The Balaban J connectivity index is 2.10. The Morgan fingerprint density at radius 2 is 2.00 bits per heavy atom. The first-order chi connectivity index (χ1) is 11.3. The van der Waals surface area contributed by atoms with E-state index in [9.17, 15) is 0 Å². The van der Waals surface area contributed by atoms with Crippen molar-refractivity contribution in [3.05, 3.63) is 78.7 Å². The third-order valence-electron chi connectivity index (χ3n) is 3.91. The summed E-state index contributed by atoms with van der Waals surface area (Å²) in [5.74, 6) is 0.659. The summed E-state index contributed by atoms with van der Waals surface area (Å²) in [4.78, 5) is 4.37. The molecule has 3 aromatic rings. The van der Waals surface area contributed by atoms with Gasteiger partial charge < -0.3 is 9.73 Å². The van der Waals surface area contributed by atoms with Gasteiger partial charge in [-0.15, -0.1) is 6.58 Å². The molecule has 0 fully saturated rings. The molecule has 0 bridgehead atoms. The van der Waals surface area contributed by atoms with Crippen LogP contribution in [0.5, 0.6) is 0 Å². The highest BCUT2D eigenvalue weighted by molar-refractivity contribution is 5.83. The molecule has 2 aromatic carbocycles. The summed E-state index contributed by atoms with van der Waals surface area (Å²) in [5.41, 5.74) is 5.77. The van der Waals surface area contributed by atoms with Gasteiger partial charge in [0.05, 0.1) is 6.20 Å². The summed E-state index contributed by atoms with van der Waals surface area (Å²) in [6, 6.07) is 14.6. The Kier molecular flexibility index (Phi) is 4.69. The maximum Gasteiger partial charge on any atom is 0.226 e. The zero-order valence-electron chi connectivity index (χ0n) is 13.3. The van der Waals surface area contributed by atoms with E-state index >= 15 is 0 Å². The van der Waals surface area contributed by atoms with E-state index in [2.05, 4.69) is 48.1 Å². The van der Waals surface area contributed by atoms with Crippen LogP contribution >= 0.6 is 0 Å². The lowest BCUT2D eigenvalue weighted by Crippen LogP contribution is -2.13. The molecule has 23 heavy (non-hydrogen) atoms. The van der Waals surface area contributed by atoms with Gasteiger partial charge >= 0.3 is 0 Å². The number of aromatic nitrogens is 1. The zero-order chi connectivity index (χ0) is 16.1. The smallest absolute Gasteiger partial charge is 0.226 e. The van der Waals surface area contributed by atoms with E-state index < -0.39 is 0 Å². The second kappa shape index (κ2) is 7.07. The van der Waals surface area contributed by atoms with Gasteiger partial charge in [-0.25, -0.2) is 4.98 Å². The van der Waals surface area contributed by atoms with Crippen LogP contribution in [0.4, 0.5) is 0 Å². The minimum Gasteiger partial charge on any atom is -0.444 e. The van der Waals surface area contributed by atoms with Gasteiger partial charge in [-0.3, -0.25) is 0 Å². The van der Waals surface area contributed by atoms with Crippen LogP contribution in [0.2, 0.25) is 0 Å². The molecule has 0 saturated carbocycles. The van der Waals surface area contributed by atoms with Gasteiger partial charge in [0.2, 0.25) is 5.89 Å². The summed E-state index contributed by atoms with van der Waals surface area (Å²) in [7, 11) is 0. The molecule has 0 unspecified atom stereocenters. The molecular weight excluding hydrogens is 284 g/mol. The topological polar surface area (TPSA) is 38.1 Å². The Hall–Kier alpha value is -2.65. The first-order valence-electron chi connectivity index (χ1n) is 7.70. The van der Waals surface area contributed by atoms with E-state index in [1.807, 2.05) is 24.3 Å². The third-order valence-corrected chi connectivity index (χ3v) is 3.91. The van der Waals surface area contributed by atoms with Crippen molar-refractivity contribution in [2.75, 3.05) is 6.54 Å². The fraction of sp³-hybridized carbons (Fsp3) is 0.150. The van der Waals surface area contributed by atoms with Crippen molar-refractivity contribution in [3.8, 4) is 22.6 Å². The Morgan fingerprint density at radius 1 is 1.17 bits per heavy atom. The van der Waals surface area contributed by atoms with Gasteiger partial charge in [0.1, 0.15) is 6.26 Å². The highest BCUT2D eigenvalue weighted by atomic mass is 16.3. The normalized spacial score (nSPS) is 10.7. The van der Waals surface area contributed by atoms with Crippen molar-refractivity contribution in [2.24, 2.45) is 0 Å². The van der Waals surface area contributed by atoms with Crippen LogP contribution in [0.15, 0.2) is 72.0 Å². The van der Waals surface area contributed by atoms with Gasteiger partial charge in [-0.2, -0.15) is 0 Å². The molecule has 0 amide bonds. The first-order valence-corrected chi connectivity index (χ1v) is 7.70. The second-order valence-corrected chi connectivity index (χ2v) is 5.40. The quantitative estimate of drug-likeness (QED) is 0.534. The SMILES string of the molecule is C=CCNCc1ccc(-c2ccccc2)c(-c2ncco2)c1C. The van der Waals surface area contributed by atoms with Crippen LogP contribution in [0.3, 0.4) is 0 Å². The molecule has 0 radical (unpaired) electrons. The molecule has 3 heteroatoms. The molecule has 0 atom stereocenters. The molecule has 116 valence electrons. The summed E-state index contributed by atoms with van der Waals surface area (Å²) in [6.45, 7) is 7.44. The number of nitrogens with zero attached hydrogens (tertiary/aromatic N) is 1. The fourth-order valence-corrected chi connectivity index (χ4v) is 2.74. The number of benzene rings is 2. The summed E-state index contributed by atoms with van der Waals surface area (Å²) >= 11 is 0. The van der Waals surface area contributed by atoms with Gasteiger partial charge in [0.15, 0.2) is 0 Å². The van der Waals surface area contributed by atoms with Gasteiger partial charge in [-0.1, -0.05) is 48.5 Å².